The molecular weight excluding hydrogens is 246 g/mol. The number of anilines is 1. The zero-order valence-electron chi connectivity index (χ0n) is 11.7. The topological polar surface area (TPSA) is 21.3 Å². The lowest BCUT2D eigenvalue weighted by atomic mass is 10.2. The van der Waals surface area contributed by atoms with Gasteiger partial charge < -0.3 is 10.1 Å². The van der Waals surface area contributed by atoms with Crippen LogP contribution in [0.15, 0.2) is 54.6 Å². The monoisotopic (exact) mass is 267 g/mol. The number of hydrogen-bond acceptors (Lipinski definition) is 2. The summed E-state index contributed by atoms with van der Waals surface area (Å²) in [4.78, 5) is 0. The van der Waals surface area contributed by atoms with Crippen LogP contribution in [0.5, 0.6) is 5.75 Å². The van der Waals surface area contributed by atoms with E-state index in [1.165, 1.54) is 36.9 Å². The molecule has 2 aromatic carbocycles. The molecule has 1 aliphatic carbocycles. The third-order valence-electron chi connectivity index (χ3n) is 3.81. The molecule has 2 nitrogen and oxygen atoms in total. The van der Waals surface area contributed by atoms with Crippen molar-refractivity contribution in [3.8, 4) is 5.75 Å². The van der Waals surface area contributed by atoms with Crippen LogP contribution < -0.4 is 10.1 Å². The van der Waals surface area contributed by atoms with Crippen LogP contribution >= 0.6 is 0 Å². The van der Waals surface area contributed by atoms with Crippen molar-refractivity contribution >= 4 is 5.69 Å². The molecule has 0 aliphatic heterocycles. The molecule has 0 aromatic heterocycles. The molecule has 20 heavy (non-hydrogen) atoms. The van der Waals surface area contributed by atoms with Gasteiger partial charge in [-0.15, -0.1) is 0 Å². The Morgan fingerprint density at radius 3 is 2.55 bits per heavy atom. The Morgan fingerprint density at radius 1 is 0.950 bits per heavy atom. The minimum absolute atomic E-state index is 0.619. The minimum Gasteiger partial charge on any atom is -0.489 e. The van der Waals surface area contributed by atoms with Crippen molar-refractivity contribution in [2.45, 2.75) is 38.3 Å². The van der Waals surface area contributed by atoms with Gasteiger partial charge in [0.05, 0.1) is 0 Å². The quantitative estimate of drug-likeness (QED) is 0.853. The highest BCUT2D eigenvalue weighted by molar-refractivity contribution is 5.49. The Morgan fingerprint density at radius 2 is 1.75 bits per heavy atom. The fourth-order valence-electron chi connectivity index (χ4n) is 2.72. The Balaban J connectivity index is 1.59. The zero-order valence-corrected chi connectivity index (χ0v) is 11.7. The van der Waals surface area contributed by atoms with Gasteiger partial charge in [-0.05, 0) is 30.5 Å². The van der Waals surface area contributed by atoms with Gasteiger partial charge in [-0.1, -0.05) is 49.2 Å². The number of nitrogens with one attached hydrogen (secondary N) is 1. The molecule has 2 heteroatoms. The van der Waals surface area contributed by atoms with Crippen LogP contribution in [-0.2, 0) is 6.61 Å². The summed E-state index contributed by atoms with van der Waals surface area (Å²) in [5.74, 6) is 0.928. The Bertz CT molecular complexity index is 532. The smallest absolute Gasteiger partial charge is 0.121 e. The molecule has 1 aliphatic rings. The van der Waals surface area contributed by atoms with Gasteiger partial charge in [0.15, 0.2) is 0 Å². The van der Waals surface area contributed by atoms with E-state index in [0.717, 1.165) is 5.75 Å². The fraction of sp³-hybridized carbons (Fsp3) is 0.333. The molecule has 1 N–H and O–H groups in total. The summed E-state index contributed by atoms with van der Waals surface area (Å²) in [7, 11) is 0. The number of ether oxygens (including phenoxy) is 1. The number of rotatable bonds is 5. The minimum atomic E-state index is 0.619. The zero-order chi connectivity index (χ0) is 13.6. The van der Waals surface area contributed by atoms with E-state index in [9.17, 15) is 0 Å². The molecule has 0 unspecified atom stereocenters. The first kappa shape index (κ1) is 13.0. The maximum Gasteiger partial charge on any atom is 0.121 e. The Labute approximate surface area is 120 Å². The SMILES string of the molecule is c1ccc(COc2cccc(NC3CCCC3)c2)cc1. The second-order valence-electron chi connectivity index (χ2n) is 5.43. The maximum atomic E-state index is 5.86. The van der Waals surface area contributed by atoms with Crippen LogP contribution in [0, 0.1) is 0 Å². The molecule has 0 saturated heterocycles. The molecule has 2 aromatic rings. The molecular formula is C18H21NO. The van der Waals surface area contributed by atoms with E-state index in [4.69, 9.17) is 4.74 Å². The average Bonchev–Trinajstić information content (AvgIpc) is 3.00. The molecule has 0 atom stereocenters. The summed E-state index contributed by atoms with van der Waals surface area (Å²) in [6.45, 7) is 0.619. The lowest BCUT2D eigenvalue weighted by Gasteiger charge is -2.14. The summed E-state index contributed by atoms with van der Waals surface area (Å²) in [5.41, 5.74) is 2.36. The van der Waals surface area contributed by atoms with E-state index in [2.05, 4.69) is 35.6 Å². The summed E-state index contributed by atoms with van der Waals surface area (Å²) in [5, 5.41) is 3.60. The van der Waals surface area contributed by atoms with Gasteiger partial charge in [0.2, 0.25) is 0 Å². The van der Waals surface area contributed by atoms with Crippen LogP contribution in [0.1, 0.15) is 31.2 Å². The summed E-state index contributed by atoms with van der Waals surface area (Å²) in [6.07, 6.45) is 5.27. The second-order valence-corrected chi connectivity index (χ2v) is 5.43. The van der Waals surface area contributed by atoms with Gasteiger partial charge in [-0.3, -0.25) is 0 Å². The molecule has 0 radical (unpaired) electrons. The summed E-state index contributed by atoms with van der Waals surface area (Å²) >= 11 is 0. The normalized spacial score (nSPS) is 15.2. The predicted molar refractivity (Wildman–Crippen MR) is 83.1 cm³/mol. The van der Waals surface area contributed by atoms with Gasteiger partial charge in [-0.2, -0.15) is 0 Å². The van der Waals surface area contributed by atoms with E-state index in [1.807, 2.05) is 24.3 Å². The van der Waals surface area contributed by atoms with Crippen molar-refractivity contribution in [1.82, 2.24) is 0 Å². The van der Waals surface area contributed by atoms with E-state index in [1.54, 1.807) is 0 Å². The lowest BCUT2D eigenvalue weighted by molar-refractivity contribution is 0.306. The lowest BCUT2D eigenvalue weighted by Crippen LogP contribution is -2.14. The third-order valence-corrected chi connectivity index (χ3v) is 3.81. The van der Waals surface area contributed by atoms with Gasteiger partial charge in [0.1, 0.15) is 12.4 Å². The molecule has 0 amide bonds. The van der Waals surface area contributed by atoms with Gasteiger partial charge in [-0.25, -0.2) is 0 Å². The fourth-order valence-corrected chi connectivity index (χ4v) is 2.72. The molecule has 0 bridgehead atoms. The standard InChI is InChI=1S/C18H21NO/c1-2-7-15(8-3-1)14-20-18-12-6-11-17(13-18)19-16-9-4-5-10-16/h1-3,6-8,11-13,16,19H,4-5,9-10,14H2. The number of hydrogen-bond donors (Lipinski definition) is 1. The van der Waals surface area contributed by atoms with Crippen LogP contribution in [0.3, 0.4) is 0 Å². The van der Waals surface area contributed by atoms with Crippen molar-refractivity contribution < 1.29 is 4.74 Å². The van der Waals surface area contributed by atoms with Gasteiger partial charge in [0, 0.05) is 17.8 Å². The van der Waals surface area contributed by atoms with Crippen molar-refractivity contribution in [3.05, 3.63) is 60.2 Å². The first-order valence-corrected chi connectivity index (χ1v) is 7.43. The molecule has 0 heterocycles. The third kappa shape index (κ3) is 3.53. The van der Waals surface area contributed by atoms with Crippen LogP contribution in [-0.4, -0.2) is 6.04 Å². The molecule has 104 valence electrons. The Kier molecular flexibility index (Phi) is 4.22. The maximum absolute atomic E-state index is 5.86. The Hall–Kier alpha value is -1.96. The molecule has 1 fully saturated rings. The van der Waals surface area contributed by atoms with Gasteiger partial charge in [0.25, 0.3) is 0 Å². The number of benzene rings is 2. The molecule has 3 rings (SSSR count). The van der Waals surface area contributed by atoms with Crippen LogP contribution in [0.2, 0.25) is 0 Å². The van der Waals surface area contributed by atoms with Gasteiger partial charge >= 0.3 is 0 Å². The van der Waals surface area contributed by atoms with E-state index in [-0.39, 0.29) is 0 Å². The summed E-state index contributed by atoms with van der Waals surface area (Å²) < 4.78 is 5.86. The first-order chi connectivity index (χ1) is 9.90. The average molecular weight is 267 g/mol. The van der Waals surface area contributed by atoms with Crippen molar-refractivity contribution in [3.63, 3.8) is 0 Å². The molecule has 1 saturated carbocycles. The van der Waals surface area contributed by atoms with Crippen molar-refractivity contribution in [1.29, 1.82) is 0 Å². The van der Waals surface area contributed by atoms with Crippen LogP contribution in [0.25, 0.3) is 0 Å². The van der Waals surface area contributed by atoms with Crippen LogP contribution in [0.4, 0.5) is 5.69 Å². The van der Waals surface area contributed by atoms with Crippen molar-refractivity contribution in [2.24, 2.45) is 0 Å². The van der Waals surface area contributed by atoms with E-state index >= 15 is 0 Å². The second kappa shape index (κ2) is 6.47. The highest BCUT2D eigenvalue weighted by atomic mass is 16.5. The predicted octanol–water partition coefficient (Wildman–Crippen LogP) is 4.62. The highest BCUT2D eigenvalue weighted by Crippen LogP contribution is 2.24. The first-order valence-electron chi connectivity index (χ1n) is 7.43. The summed E-state index contributed by atoms with van der Waals surface area (Å²) in [6, 6.07) is 19.2. The molecule has 0 spiro atoms. The highest BCUT2D eigenvalue weighted by Gasteiger charge is 2.14. The largest absolute Gasteiger partial charge is 0.489 e. The van der Waals surface area contributed by atoms with E-state index < -0.39 is 0 Å². The van der Waals surface area contributed by atoms with Crippen molar-refractivity contribution in [2.75, 3.05) is 5.32 Å². The van der Waals surface area contributed by atoms with E-state index in [0.29, 0.717) is 12.6 Å².